The van der Waals surface area contributed by atoms with E-state index in [2.05, 4.69) is 11.1 Å². The molecule has 0 bridgehead atoms. The molecule has 2 heteroatoms. The van der Waals surface area contributed by atoms with Gasteiger partial charge in [-0.15, -0.1) is 0 Å². The normalized spacial score (nSPS) is 21.8. The highest BCUT2D eigenvalue weighted by Gasteiger charge is 2.20. The van der Waals surface area contributed by atoms with Crippen molar-refractivity contribution < 1.29 is 4.79 Å². The molecule has 2 nitrogen and oxygen atoms in total. The van der Waals surface area contributed by atoms with Crippen molar-refractivity contribution in [3.63, 3.8) is 0 Å². The van der Waals surface area contributed by atoms with Gasteiger partial charge in [-0.05, 0) is 37.3 Å². The van der Waals surface area contributed by atoms with Crippen molar-refractivity contribution in [1.82, 2.24) is 4.98 Å². The van der Waals surface area contributed by atoms with Crippen LogP contribution < -0.4 is 0 Å². The lowest BCUT2D eigenvalue weighted by molar-refractivity contribution is -0.122. The lowest BCUT2D eigenvalue weighted by Gasteiger charge is -2.12. The number of aromatic nitrogens is 1. The SMILES string of the molecule is Cc1cncc(CC2CCCCCC2=O)c1. The Balaban J connectivity index is 2.05. The molecule has 1 fully saturated rings. The van der Waals surface area contributed by atoms with E-state index in [1.807, 2.05) is 19.3 Å². The van der Waals surface area contributed by atoms with Crippen LogP contribution in [0.1, 0.15) is 43.2 Å². The number of aryl methyl sites for hydroxylation is 1. The minimum absolute atomic E-state index is 0.242. The average molecular weight is 217 g/mol. The Labute approximate surface area is 97.1 Å². The van der Waals surface area contributed by atoms with Crippen molar-refractivity contribution in [2.75, 3.05) is 0 Å². The molecule has 1 aliphatic carbocycles. The Bertz CT molecular complexity index is 373. The molecule has 0 saturated heterocycles. The number of hydrogen-bond donors (Lipinski definition) is 0. The molecule has 0 aliphatic heterocycles. The molecule has 1 saturated carbocycles. The first-order valence-electron chi connectivity index (χ1n) is 6.19. The van der Waals surface area contributed by atoms with Crippen LogP contribution in [0.15, 0.2) is 18.5 Å². The summed E-state index contributed by atoms with van der Waals surface area (Å²) in [6, 6.07) is 2.14. The van der Waals surface area contributed by atoms with E-state index >= 15 is 0 Å². The highest BCUT2D eigenvalue weighted by atomic mass is 16.1. The van der Waals surface area contributed by atoms with E-state index in [0.717, 1.165) is 25.7 Å². The van der Waals surface area contributed by atoms with Crippen LogP contribution in [0.4, 0.5) is 0 Å². The summed E-state index contributed by atoms with van der Waals surface area (Å²) in [5.74, 6) is 0.699. The Hall–Kier alpha value is -1.18. The van der Waals surface area contributed by atoms with Gasteiger partial charge in [0.15, 0.2) is 0 Å². The maximum atomic E-state index is 11.9. The Morgan fingerprint density at radius 1 is 1.31 bits per heavy atom. The Kier molecular flexibility index (Phi) is 3.70. The van der Waals surface area contributed by atoms with E-state index in [9.17, 15) is 4.79 Å². The molecular formula is C14H19NO. The number of Topliss-reactive ketones (excluding diaryl/α,β-unsaturated/α-hetero) is 1. The van der Waals surface area contributed by atoms with E-state index in [0.29, 0.717) is 5.78 Å². The fraction of sp³-hybridized carbons (Fsp3) is 0.571. The van der Waals surface area contributed by atoms with Crippen LogP contribution >= 0.6 is 0 Å². The Morgan fingerprint density at radius 3 is 3.00 bits per heavy atom. The van der Waals surface area contributed by atoms with Crippen molar-refractivity contribution >= 4 is 5.78 Å². The third-order valence-corrected chi connectivity index (χ3v) is 3.34. The van der Waals surface area contributed by atoms with Gasteiger partial charge in [-0.1, -0.05) is 18.9 Å². The average Bonchev–Trinajstić information content (AvgIpc) is 2.45. The number of rotatable bonds is 2. The topological polar surface area (TPSA) is 30.0 Å². The molecule has 1 heterocycles. The summed E-state index contributed by atoms with van der Waals surface area (Å²) >= 11 is 0. The summed E-state index contributed by atoms with van der Waals surface area (Å²) in [5, 5.41) is 0. The van der Waals surface area contributed by atoms with Crippen LogP contribution in [-0.4, -0.2) is 10.8 Å². The van der Waals surface area contributed by atoms with Gasteiger partial charge in [0.1, 0.15) is 5.78 Å². The van der Waals surface area contributed by atoms with E-state index in [1.165, 1.54) is 24.0 Å². The fourth-order valence-corrected chi connectivity index (χ4v) is 2.46. The molecule has 0 spiro atoms. The van der Waals surface area contributed by atoms with Gasteiger partial charge < -0.3 is 0 Å². The second-order valence-electron chi connectivity index (χ2n) is 4.84. The molecule has 2 rings (SSSR count). The first kappa shape index (κ1) is 11.3. The van der Waals surface area contributed by atoms with Crippen LogP contribution in [-0.2, 0) is 11.2 Å². The third-order valence-electron chi connectivity index (χ3n) is 3.34. The standard InChI is InChI=1S/C14H19NO/c1-11-7-12(10-15-9-11)8-13-5-3-2-4-6-14(13)16/h7,9-10,13H,2-6,8H2,1H3. The molecule has 16 heavy (non-hydrogen) atoms. The quantitative estimate of drug-likeness (QED) is 0.712. The first-order chi connectivity index (χ1) is 7.75. The van der Waals surface area contributed by atoms with Crippen LogP contribution in [0, 0.1) is 12.8 Å². The summed E-state index contributed by atoms with van der Waals surface area (Å²) in [6.07, 6.45) is 9.99. The second kappa shape index (κ2) is 5.24. The van der Waals surface area contributed by atoms with Crippen LogP contribution in [0.5, 0.6) is 0 Å². The van der Waals surface area contributed by atoms with E-state index in [-0.39, 0.29) is 5.92 Å². The molecule has 1 atom stereocenters. The lowest BCUT2D eigenvalue weighted by atomic mass is 9.92. The molecule has 1 aromatic heterocycles. The number of hydrogen-bond acceptors (Lipinski definition) is 2. The first-order valence-corrected chi connectivity index (χ1v) is 6.19. The van der Waals surface area contributed by atoms with Crippen LogP contribution in [0.3, 0.4) is 0 Å². The number of carbonyl (C=O) groups is 1. The predicted molar refractivity (Wildman–Crippen MR) is 64.3 cm³/mol. The van der Waals surface area contributed by atoms with Crippen molar-refractivity contribution in [2.45, 2.75) is 45.4 Å². The van der Waals surface area contributed by atoms with Gasteiger partial charge in [-0.2, -0.15) is 0 Å². The van der Waals surface area contributed by atoms with Crippen molar-refractivity contribution in [2.24, 2.45) is 5.92 Å². The zero-order valence-electron chi connectivity index (χ0n) is 9.91. The summed E-state index contributed by atoms with van der Waals surface area (Å²) in [4.78, 5) is 16.1. The van der Waals surface area contributed by atoms with Crippen LogP contribution in [0.2, 0.25) is 0 Å². The lowest BCUT2D eigenvalue weighted by Crippen LogP contribution is -2.15. The maximum Gasteiger partial charge on any atom is 0.136 e. The second-order valence-corrected chi connectivity index (χ2v) is 4.84. The largest absolute Gasteiger partial charge is 0.299 e. The van der Waals surface area contributed by atoms with E-state index in [4.69, 9.17) is 0 Å². The maximum absolute atomic E-state index is 11.9. The highest BCUT2D eigenvalue weighted by molar-refractivity contribution is 5.81. The molecule has 0 aromatic carbocycles. The summed E-state index contributed by atoms with van der Waals surface area (Å²) < 4.78 is 0. The number of nitrogens with zero attached hydrogens (tertiary/aromatic N) is 1. The van der Waals surface area contributed by atoms with Crippen molar-refractivity contribution in [3.05, 3.63) is 29.6 Å². The summed E-state index contributed by atoms with van der Waals surface area (Å²) in [5.41, 5.74) is 2.39. The number of carbonyl (C=O) groups excluding carboxylic acids is 1. The van der Waals surface area contributed by atoms with Crippen LogP contribution in [0.25, 0.3) is 0 Å². The van der Waals surface area contributed by atoms with Gasteiger partial charge in [0.2, 0.25) is 0 Å². The smallest absolute Gasteiger partial charge is 0.136 e. The predicted octanol–water partition coefficient (Wildman–Crippen LogP) is 3.08. The zero-order chi connectivity index (χ0) is 11.4. The minimum atomic E-state index is 0.242. The number of pyridine rings is 1. The Morgan fingerprint density at radius 2 is 2.19 bits per heavy atom. The molecule has 1 aromatic rings. The van der Waals surface area contributed by atoms with E-state index in [1.54, 1.807) is 0 Å². The minimum Gasteiger partial charge on any atom is -0.299 e. The molecule has 86 valence electrons. The molecule has 0 radical (unpaired) electrons. The van der Waals surface area contributed by atoms with E-state index < -0.39 is 0 Å². The molecule has 1 unspecified atom stereocenters. The molecule has 1 aliphatic rings. The van der Waals surface area contributed by atoms with Gasteiger partial charge >= 0.3 is 0 Å². The van der Waals surface area contributed by atoms with Crippen molar-refractivity contribution in [1.29, 1.82) is 0 Å². The van der Waals surface area contributed by atoms with Crippen molar-refractivity contribution in [3.8, 4) is 0 Å². The van der Waals surface area contributed by atoms with Gasteiger partial charge in [-0.3, -0.25) is 9.78 Å². The van der Waals surface area contributed by atoms with Gasteiger partial charge in [0, 0.05) is 24.7 Å². The summed E-state index contributed by atoms with van der Waals surface area (Å²) in [7, 11) is 0. The zero-order valence-corrected chi connectivity index (χ0v) is 9.91. The fourth-order valence-electron chi connectivity index (χ4n) is 2.46. The van der Waals surface area contributed by atoms with Gasteiger partial charge in [0.25, 0.3) is 0 Å². The molecular weight excluding hydrogens is 198 g/mol. The number of ketones is 1. The molecule has 0 amide bonds. The highest BCUT2D eigenvalue weighted by Crippen LogP contribution is 2.23. The van der Waals surface area contributed by atoms with Gasteiger partial charge in [0.05, 0.1) is 0 Å². The monoisotopic (exact) mass is 217 g/mol. The van der Waals surface area contributed by atoms with Gasteiger partial charge in [-0.25, -0.2) is 0 Å². The molecule has 0 N–H and O–H groups in total. The summed E-state index contributed by atoms with van der Waals surface area (Å²) in [6.45, 7) is 2.05. The third kappa shape index (κ3) is 2.91.